The van der Waals surface area contributed by atoms with Crippen molar-refractivity contribution in [3.8, 4) is 0 Å². The molecule has 0 bridgehead atoms. The van der Waals surface area contributed by atoms with Crippen molar-refractivity contribution in [2.45, 2.75) is 39.2 Å². The Morgan fingerprint density at radius 3 is 2.67 bits per heavy atom. The van der Waals surface area contributed by atoms with Crippen LogP contribution in [0.25, 0.3) is 0 Å². The van der Waals surface area contributed by atoms with Crippen molar-refractivity contribution in [2.75, 3.05) is 44.6 Å². The second-order valence-electron chi connectivity index (χ2n) is 8.46. The Morgan fingerprint density at radius 2 is 1.93 bits per heavy atom. The number of rotatable bonds is 7. The van der Waals surface area contributed by atoms with E-state index in [1.54, 1.807) is 29.2 Å². The second kappa shape index (κ2) is 10.4. The Kier molecular flexibility index (Phi) is 7.68. The number of hydrogen-bond acceptors (Lipinski definition) is 5. The number of nitrogens with one attached hydrogen (secondary N) is 2. The summed E-state index contributed by atoms with van der Waals surface area (Å²) in [6, 6.07) is 7.28. The summed E-state index contributed by atoms with van der Waals surface area (Å²) >= 11 is 0. The lowest BCUT2D eigenvalue weighted by Crippen LogP contribution is -2.38. The molecular weight excluding hydrogens is 384 g/mol. The molecule has 1 aliphatic heterocycles. The standard InChI is InChI=1S/C22H32N4O4/c1-16(2)15-30-22(29)26-10-4-9-25(11-12-26)14-20(27)23-19-6-3-5-17(13-19)21(28)24-18-7-8-18/h3,5-6,13,16,18H,4,7-12,14-15H2,1-2H3,(H,23,27)(H,24,28). The van der Waals surface area contributed by atoms with Gasteiger partial charge in [0, 0.05) is 43.5 Å². The lowest BCUT2D eigenvalue weighted by atomic mass is 10.2. The highest BCUT2D eigenvalue weighted by atomic mass is 16.6. The van der Waals surface area contributed by atoms with Gasteiger partial charge in [0.15, 0.2) is 0 Å². The molecule has 1 aromatic carbocycles. The van der Waals surface area contributed by atoms with Crippen molar-refractivity contribution >= 4 is 23.6 Å². The minimum atomic E-state index is -0.281. The van der Waals surface area contributed by atoms with Gasteiger partial charge in [-0.1, -0.05) is 19.9 Å². The molecule has 1 saturated heterocycles. The van der Waals surface area contributed by atoms with Gasteiger partial charge >= 0.3 is 6.09 Å². The molecule has 0 aromatic heterocycles. The van der Waals surface area contributed by atoms with E-state index in [1.807, 2.05) is 18.7 Å². The summed E-state index contributed by atoms with van der Waals surface area (Å²) in [6.07, 6.45) is 2.58. The van der Waals surface area contributed by atoms with Crippen molar-refractivity contribution in [3.63, 3.8) is 0 Å². The summed E-state index contributed by atoms with van der Waals surface area (Å²) in [6.45, 7) is 7.20. The molecule has 3 rings (SSSR count). The summed E-state index contributed by atoms with van der Waals surface area (Å²) in [5.74, 6) is 0.0653. The van der Waals surface area contributed by atoms with Crippen LogP contribution in [-0.2, 0) is 9.53 Å². The van der Waals surface area contributed by atoms with Crippen molar-refractivity contribution in [1.29, 1.82) is 0 Å². The van der Waals surface area contributed by atoms with Crippen LogP contribution < -0.4 is 10.6 Å². The number of ether oxygens (including phenoxy) is 1. The molecule has 164 valence electrons. The average molecular weight is 417 g/mol. The molecule has 1 aromatic rings. The normalized spacial score (nSPS) is 17.4. The maximum absolute atomic E-state index is 12.5. The Bertz CT molecular complexity index is 763. The monoisotopic (exact) mass is 416 g/mol. The SMILES string of the molecule is CC(C)COC(=O)N1CCCN(CC(=O)Nc2cccc(C(=O)NC3CC3)c2)CC1. The fourth-order valence-electron chi connectivity index (χ4n) is 3.28. The molecule has 30 heavy (non-hydrogen) atoms. The van der Waals surface area contributed by atoms with E-state index in [0.717, 1.165) is 25.8 Å². The molecule has 2 N–H and O–H groups in total. The van der Waals surface area contributed by atoms with E-state index in [4.69, 9.17) is 4.74 Å². The van der Waals surface area contributed by atoms with Crippen molar-refractivity contribution < 1.29 is 19.1 Å². The lowest BCUT2D eigenvalue weighted by molar-refractivity contribution is -0.117. The van der Waals surface area contributed by atoms with Gasteiger partial charge < -0.3 is 20.3 Å². The number of benzene rings is 1. The number of amides is 3. The first-order valence-corrected chi connectivity index (χ1v) is 10.8. The molecule has 1 saturated carbocycles. The fourth-order valence-corrected chi connectivity index (χ4v) is 3.28. The first-order valence-electron chi connectivity index (χ1n) is 10.8. The van der Waals surface area contributed by atoms with E-state index >= 15 is 0 Å². The van der Waals surface area contributed by atoms with Gasteiger partial charge in [0.2, 0.25) is 5.91 Å². The zero-order valence-electron chi connectivity index (χ0n) is 17.9. The van der Waals surface area contributed by atoms with Crippen molar-refractivity contribution in [2.24, 2.45) is 5.92 Å². The Balaban J connectivity index is 1.45. The summed E-state index contributed by atoms with van der Waals surface area (Å²) < 4.78 is 5.31. The van der Waals surface area contributed by atoms with E-state index in [2.05, 4.69) is 10.6 Å². The molecule has 2 fully saturated rings. The van der Waals surface area contributed by atoms with Crippen LogP contribution in [0.5, 0.6) is 0 Å². The highest BCUT2D eigenvalue weighted by molar-refractivity contribution is 5.97. The molecule has 8 nitrogen and oxygen atoms in total. The maximum atomic E-state index is 12.5. The predicted octanol–water partition coefficient (Wildman–Crippen LogP) is 2.32. The van der Waals surface area contributed by atoms with E-state index in [0.29, 0.717) is 49.5 Å². The lowest BCUT2D eigenvalue weighted by Gasteiger charge is -2.21. The van der Waals surface area contributed by atoms with Crippen molar-refractivity contribution in [1.82, 2.24) is 15.1 Å². The van der Waals surface area contributed by atoms with Gasteiger partial charge in [0.1, 0.15) is 0 Å². The number of carbonyl (C=O) groups excluding carboxylic acids is 3. The van der Waals surface area contributed by atoms with Crippen LogP contribution >= 0.6 is 0 Å². The third kappa shape index (κ3) is 7.02. The van der Waals surface area contributed by atoms with Crippen LogP contribution in [0.3, 0.4) is 0 Å². The Morgan fingerprint density at radius 1 is 1.13 bits per heavy atom. The van der Waals surface area contributed by atoms with Crippen LogP contribution in [0, 0.1) is 5.92 Å². The zero-order valence-corrected chi connectivity index (χ0v) is 17.9. The molecule has 0 spiro atoms. The number of anilines is 1. The highest BCUT2D eigenvalue weighted by Gasteiger charge is 2.24. The number of carbonyl (C=O) groups is 3. The smallest absolute Gasteiger partial charge is 0.409 e. The summed E-state index contributed by atoms with van der Waals surface area (Å²) in [5.41, 5.74) is 1.15. The third-order valence-corrected chi connectivity index (χ3v) is 5.08. The Hall–Kier alpha value is -2.61. The highest BCUT2D eigenvalue weighted by Crippen LogP contribution is 2.20. The molecular formula is C22H32N4O4. The van der Waals surface area contributed by atoms with E-state index in [9.17, 15) is 14.4 Å². The molecule has 1 heterocycles. The summed E-state index contributed by atoms with van der Waals surface area (Å²) in [4.78, 5) is 40.6. The van der Waals surface area contributed by atoms with E-state index < -0.39 is 0 Å². The van der Waals surface area contributed by atoms with Crippen LogP contribution in [-0.4, -0.2) is 73.1 Å². The van der Waals surface area contributed by atoms with Crippen LogP contribution in [0.2, 0.25) is 0 Å². The molecule has 8 heteroatoms. The number of nitrogens with zero attached hydrogens (tertiary/aromatic N) is 2. The van der Waals surface area contributed by atoms with Crippen LogP contribution in [0.4, 0.5) is 10.5 Å². The van der Waals surface area contributed by atoms with Crippen molar-refractivity contribution in [3.05, 3.63) is 29.8 Å². The first-order chi connectivity index (χ1) is 14.4. The third-order valence-electron chi connectivity index (χ3n) is 5.08. The molecule has 1 aliphatic carbocycles. The van der Waals surface area contributed by atoms with Gasteiger partial charge in [-0.2, -0.15) is 0 Å². The second-order valence-corrected chi connectivity index (χ2v) is 8.46. The summed E-state index contributed by atoms with van der Waals surface area (Å²) in [7, 11) is 0. The van der Waals surface area contributed by atoms with Gasteiger partial charge in [-0.05, 0) is 43.4 Å². The van der Waals surface area contributed by atoms with E-state index in [1.165, 1.54) is 0 Å². The largest absolute Gasteiger partial charge is 0.449 e. The van der Waals surface area contributed by atoms with Gasteiger partial charge in [-0.15, -0.1) is 0 Å². The molecule has 3 amide bonds. The van der Waals surface area contributed by atoms with Crippen LogP contribution in [0.15, 0.2) is 24.3 Å². The number of hydrogen-bond donors (Lipinski definition) is 2. The van der Waals surface area contributed by atoms with E-state index in [-0.39, 0.29) is 24.5 Å². The van der Waals surface area contributed by atoms with Gasteiger partial charge in [-0.25, -0.2) is 4.79 Å². The van der Waals surface area contributed by atoms with Gasteiger partial charge in [0.25, 0.3) is 5.91 Å². The molecule has 0 radical (unpaired) electrons. The molecule has 0 unspecified atom stereocenters. The summed E-state index contributed by atoms with van der Waals surface area (Å²) in [5, 5.41) is 5.82. The predicted molar refractivity (Wildman–Crippen MR) is 114 cm³/mol. The first kappa shape index (κ1) is 22.1. The quantitative estimate of drug-likeness (QED) is 0.712. The minimum Gasteiger partial charge on any atom is -0.449 e. The molecule has 0 atom stereocenters. The minimum absolute atomic E-state index is 0.106. The Labute approximate surface area is 177 Å². The average Bonchev–Trinajstić information content (AvgIpc) is 3.54. The zero-order chi connectivity index (χ0) is 21.5. The maximum Gasteiger partial charge on any atom is 0.409 e. The molecule has 2 aliphatic rings. The fraction of sp³-hybridized carbons (Fsp3) is 0.591. The van der Waals surface area contributed by atoms with Gasteiger partial charge in [-0.3, -0.25) is 14.5 Å². The van der Waals surface area contributed by atoms with Gasteiger partial charge in [0.05, 0.1) is 13.2 Å². The van der Waals surface area contributed by atoms with Crippen LogP contribution in [0.1, 0.15) is 43.5 Å². The topological polar surface area (TPSA) is 91.0 Å².